The predicted octanol–water partition coefficient (Wildman–Crippen LogP) is 4.86. The number of hydrogen-bond acceptors (Lipinski definition) is 0. The van der Waals surface area contributed by atoms with Gasteiger partial charge in [-0.05, 0) is 59.9 Å². The lowest BCUT2D eigenvalue weighted by Crippen LogP contribution is -2.12. The number of benzene rings is 2. The van der Waals surface area contributed by atoms with Crippen molar-refractivity contribution in [3.8, 4) is 11.1 Å². The molecule has 0 aliphatic heterocycles. The van der Waals surface area contributed by atoms with Gasteiger partial charge in [-0.2, -0.15) is 0 Å². The summed E-state index contributed by atoms with van der Waals surface area (Å²) in [7, 11) is 1.35. The van der Waals surface area contributed by atoms with Crippen molar-refractivity contribution in [2.24, 2.45) is 5.92 Å². The summed E-state index contributed by atoms with van der Waals surface area (Å²) >= 11 is 0. The third-order valence-electron chi connectivity index (χ3n) is 5.31. The van der Waals surface area contributed by atoms with Crippen LogP contribution in [0.2, 0.25) is 6.04 Å². The summed E-state index contributed by atoms with van der Waals surface area (Å²) in [5.41, 5.74) is 4.24. The van der Waals surface area contributed by atoms with Gasteiger partial charge in [0.1, 0.15) is 5.82 Å². The molecule has 3 rings (SSSR count). The maximum absolute atomic E-state index is 13.7. The maximum Gasteiger partial charge on any atom is 0.126 e. The van der Waals surface area contributed by atoms with E-state index in [4.69, 9.17) is 0 Å². The summed E-state index contributed by atoms with van der Waals surface area (Å²) in [5.74, 6) is 1.61. The Balaban J connectivity index is 1.74. The first-order valence-electron chi connectivity index (χ1n) is 8.54. The van der Waals surface area contributed by atoms with Crippen LogP contribution in [-0.2, 0) is 0 Å². The van der Waals surface area contributed by atoms with Crippen molar-refractivity contribution in [1.29, 1.82) is 0 Å². The minimum atomic E-state index is -0.122. The molecule has 0 aromatic heterocycles. The molecule has 0 N–H and O–H groups in total. The van der Waals surface area contributed by atoms with Crippen molar-refractivity contribution in [1.82, 2.24) is 0 Å². The zero-order valence-corrected chi connectivity index (χ0v) is 15.6. The zero-order valence-electron chi connectivity index (χ0n) is 13.6. The Bertz CT molecular complexity index is 625. The van der Waals surface area contributed by atoms with Gasteiger partial charge in [-0.25, -0.2) is 4.39 Å². The summed E-state index contributed by atoms with van der Waals surface area (Å²) in [6.07, 6.45) is 5.48. The first kappa shape index (κ1) is 15.5. The van der Waals surface area contributed by atoms with Crippen molar-refractivity contribution < 1.29 is 4.39 Å². The van der Waals surface area contributed by atoms with Crippen molar-refractivity contribution in [3.63, 3.8) is 0 Å². The number of hydrogen-bond donors (Lipinski definition) is 0. The molecule has 2 aromatic rings. The largest absolute Gasteiger partial charge is 0.207 e. The van der Waals surface area contributed by atoms with Crippen LogP contribution in [-0.4, -0.2) is 10.2 Å². The average molecular weight is 313 g/mol. The minimum absolute atomic E-state index is 0.122. The molecule has 0 spiro atoms. The van der Waals surface area contributed by atoms with Crippen molar-refractivity contribution >= 4 is 10.2 Å². The van der Waals surface area contributed by atoms with Crippen LogP contribution in [0.4, 0.5) is 4.39 Å². The topological polar surface area (TPSA) is 0 Å². The molecule has 0 unspecified atom stereocenters. The molecule has 22 heavy (non-hydrogen) atoms. The van der Waals surface area contributed by atoms with Gasteiger partial charge in [0.2, 0.25) is 0 Å². The first-order chi connectivity index (χ1) is 10.7. The molecule has 2 heteroatoms. The van der Waals surface area contributed by atoms with Crippen molar-refractivity contribution in [2.75, 3.05) is 0 Å². The predicted molar refractivity (Wildman–Crippen MR) is 96.0 cm³/mol. The van der Waals surface area contributed by atoms with E-state index in [9.17, 15) is 4.39 Å². The van der Waals surface area contributed by atoms with Crippen LogP contribution in [0.5, 0.6) is 0 Å². The Kier molecular flexibility index (Phi) is 4.77. The van der Waals surface area contributed by atoms with Gasteiger partial charge in [0.25, 0.3) is 0 Å². The van der Waals surface area contributed by atoms with Gasteiger partial charge < -0.3 is 0 Å². The van der Waals surface area contributed by atoms with E-state index in [0.29, 0.717) is 5.56 Å². The Morgan fingerprint density at radius 3 is 2.18 bits per heavy atom. The quantitative estimate of drug-likeness (QED) is 0.710. The second kappa shape index (κ2) is 6.78. The summed E-state index contributed by atoms with van der Waals surface area (Å²) in [6, 6.07) is 15.8. The molecular weight excluding hydrogens is 287 g/mol. The standard InChI is InChI=1S/C20H25FSi/c1-14-2-5-19(12-20(14)21)18-10-8-17(9-11-18)16-6-3-15(13-22)4-7-16/h2,5,8-12,15-16H,3-4,6-7,13H2,1,22H3. The molecule has 0 nitrogen and oxygen atoms in total. The fourth-order valence-electron chi connectivity index (χ4n) is 3.62. The van der Waals surface area contributed by atoms with Crippen LogP contribution < -0.4 is 0 Å². The fraction of sp³-hybridized carbons (Fsp3) is 0.400. The van der Waals surface area contributed by atoms with Crippen LogP contribution >= 0.6 is 0 Å². The van der Waals surface area contributed by atoms with Gasteiger partial charge in [-0.1, -0.05) is 55.3 Å². The molecule has 0 bridgehead atoms. The Morgan fingerprint density at radius 2 is 1.59 bits per heavy atom. The number of halogens is 1. The highest BCUT2D eigenvalue weighted by Crippen LogP contribution is 2.37. The molecule has 1 aliphatic rings. The molecule has 0 saturated heterocycles. The van der Waals surface area contributed by atoms with Crippen LogP contribution in [0, 0.1) is 18.7 Å². The molecule has 0 heterocycles. The first-order valence-corrected chi connectivity index (χ1v) is 9.95. The van der Waals surface area contributed by atoms with Gasteiger partial charge in [0, 0.05) is 10.2 Å². The van der Waals surface area contributed by atoms with E-state index in [-0.39, 0.29) is 5.82 Å². The third kappa shape index (κ3) is 3.32. The maximum atomic E-state index is 13.7. The van der Waals surface area contributed by atoms with E-state index in [0.717, 1.165) is 23.0 Å². The van der Waals surface area contributed by atoms with Gasteiger partial charge >= 0.3 is 0 Å². The second-order valence-electron chi connectivity index (χ2n) is 6.71. The van der Waals surface area contributed by atoms with E-state index < -0.39 is 0 Å². The molecule has 116 valence electrons. The van der Waals surface area contributed by atoms with E-state index in [2.05, 4.69) is 24.3 Å². The summed E-state index contributed by atoms with van der Waals surface area (Å²) in [6.45, 7) is 1.80. The molecule has 1 saturated carbocycles. The number of rotatable bonds is 3. The molecule has 0 amide bonds. The van der Waals surface area contributed by atoms with E-state index in [1.54, 1.807) is 13.0 Å². The molecule has 1 aliphatic carbocycles. The van der Waals surface area contributed by atoms with Crippen molar-refractivity contribution in [2.45, 2.75) is 44.6 Å². The summed E-state index contributed by atoms with van der Waals surface area (Å²) in [5, 5.41) is 0. The van der Waals surface area contributed by atoms with E-state index >= 15 is 0 Å². The minimum Gasteiger partial charge on any atom is -0.207 e. The highest BCUT2D eigenvalue weighted by Gasteiger charge is 2.21. The third-order valence-corrected chi connectivity index (χ3v) is 6.47. The smallest absolute Gasteiger partial charge is 0.126 e. The Labute approximate surface area is 136 Å². The summed E-state index contributed by atoms with van der Waals surface area (Å²) < 4.78 is 13.7. The van der Waals surface area contributed by atoms with Crippen LogP contribution in [0.1, 0.15) is 42.7 Å². The highest BCUT2D eigenvalue weighted by molar-refractivity contribution is 6.08. The van der Waals surface area contributed by atoms with Gasteiger partial charge in [-0.3, -0.25) is 0 Å². The fourth-order valence-corrected chi connectivity index (χ4v) is 4.44. The van der Waals surface area contributed by atoms with E-state index in [1.165, 1.54) is 47.5 Å². The second-order valence-corrected chi connectivity index (χ2v) is 7.53. The number of aryl methyl sites for hydroxylation is 1. The lowest BCUT2D eigenvalue weighted by atomic mass is 9.79. The van der Waals surface area contributed by atoms with Crippen LogP contribution in [0.25, 0.3) is 11.1 Å². The monoisotopic (exact) mass is 312 g/mol. The van der Waals surface area contributed by atoms with Gasteiger partial charge in [0.15, 0.2) is 0 Å². The van der Waals surface area contributed by atoms with Gasteiger partial charge in [0.05, 0.1) is 0 Å². The van der Waals surface area contributed by atoms with Crippen molar-refractivity contribution in [3.05, 3.63) is 59.4 Å². The lowest BCUT2D eigenvalue weighted by Gasteiger charge is -2.28. The highest BCUT2D eigenvalue weighted by atomic mass is 28.1. The molecule has 0 atom stereocenters. The average Bonchev–Trinajstić information content (AvgIpc) is 2.58. The Morgan fingerprint density at radius 1 is 0.955 bits per heavy atom. The van der Waals surface area contributed by atoms with Crippen LogP contribution in [0.15, 0.2) is 42.5 Å². The zero-order chi connectivity index (χ0) is 15.5. The molecule has 0 radical (unpaired) electrons. The normalized spacial score (nSPS) is 21.9. The molecular formula is C20H25FSi. The SMILES string of the molecule is Cc1ccc(-c2ccc(C3CCC(C[SiH3])CC3)cc2)cc1F. The van der Waals surface area contributed by atoms with Gasteiger partial charge in [-0.15, -0.1) is 0 Å². The molecule has 2 aromatic carbocycles. The van der Waals surface area contributed by atoms with Crippen LogP contribution in [0.3, 0.4) is 0 Å². The lowest BCUT2D eigenvalue weighted by molar-refractivity contribution is 0.348. The molecule has 1 fully saturated rings. The Hall–Kier alpha value is -1.41. The van der Waals surface area contributed by atoms with E-state index in [1.807, 2.05) is 12.1 Å². The summed E-state index contributed by atoms with van der Waals surface area (Å²) in [4.78, 5) is 0.